The maximum Gasteiger partial charge on any atom is 0.169 e. The van der Waals surface area contributed by atoms with Crippen LogP contribution in [0.3, 0.4) is 0 Å². The fourth-order valence-electron chi connectivity index (χ4n) is 2.32. The average Bonchev–Trinajstić information content (AvgIpc) is 2.68. The molecule has 1 fully saturated rings. The molecule has 0 aromatic carbocycles. The third kappa shape index (κ3) is 2.46. The maximum absolute atomic E-state index is 5.57. The minimum atomic E-state index is 0.195. The standard InChI is InChI=1S/C13H20N2O/c1-3-16-11-7-6-10-14-12(11)15-13(2)8-4-5-9-13/h6-7,10H,3-5,8-9H2,1-2H3,(H,14,15). The summed E-state index contributed by atoms with van der Waals surface area (Å²) in [7, 11) is 0. The smallest absolute Gasteiger partial charge is 0.169 e. The molecule has 3 nitrogen and oxygen atoms in total. The Morgan fingerprint density at radius 3 is 2.88 bits per heavy atom. The Morgan fingerprint density at radius 1 is 1.44 bits per heavy atom. The van der Waals surface area contributed by atoms with Crippen LogP contribution in [0, 0.1) is 0 Å². The number of aromatic nitrogens is 1. The van der Waals surface area contributed by atoms with Crippen molar-refractivity contribution in [2.75, 3.05) is 11.9 Å². The zero-order valence-corrected chi connectivity index (χ0v) is 10.1. The second-order valence-electron chi connectivity index (χ2n) is 4.68. The van der Waals surface area contributed by atoms with Gasteiger partial charge in [0.25, 0.3) is 0 Å². The molecule has 2 rings (SSSR count). The third-order valence-corrected chi connectivity index (χ3v) is 3.20. The molecule has 0 radical (unpaired) electrons. The van der Waals surface area contributed by atoms with E-state index >= 15 is 0 Å². The predicted octanol–water partition coefficient (Wildman–Crippen LogP) is 3.22. The van der Waals surface area contributed by atoms with Gasteiger partial charge in [-0.15, -0.1) is 0 Å². The van der Waals surface area contributed by atoms with Crippen molar-refractivity contribution in [3.63, 3.8) is 0 Å². The molecule has 0 amide bonds. The highest BCUT2D eigenvalue weighted by molar-refractivity contribution is 5.51. The predicted molar refractivity (Wildman–Crippen MR) is 65.9 cm³/mol. The van der Waals surface area contributed by atoms with E-state index in [4.69, 9.17) is 4.74 Å². The van der Waals surface area contributed by atoms with Gasteiger partial charge in [-0.25, -0.2) is 4.98 Å². The van der Waals surface area contributed by atoms with E-state index in [9.17, 15) is 0 Å². The van der Waals surface area contributed by atoms with Crippen LogP contribution in [0.2, 0.25) is 0 Å². The van der Waals surface area contributed by atoms with Gasteiger partial charge in [0.1, 0.15) is 0 Å². The highest BCUT2D eigenvalue weighted by atomic mass is 16.5. The van der Waals surface area contributed by atoms with Gasteiger partial charge in [-0.05, 0) is 38.8 Å². The number of hydrogen-bond donors (Lipinski definition) is 1. The lowest BCUT2D eigenvalue weighted by atomic mass is 10.0. The molecule has 0 unspecified atom stereocenters. The monoisotopic (exact) mass is 220 g/mol. The van der Waals surface area contributed by atoms with Gasteiger partial charge in [0.05, 0.1) is 6.61 Å². The van der Waals surface area contributed by atoms with E-state index in [0.717, 1.165) is 11.6 Å². The molecule has 3 heteroatoms. The number of pyridine rings is 1. The van der Waals surface area contributed by atoms with E-state index in [1.165, 1.54) is 25.7 Å². The van der Waals surface area contributed by atoms with Crippen LogP contribution in [-0.2, 0) is 0 Å². The van der Waals surface area contributed by atoms with E-state index in [0.29, 0.717) is 6.61 Å². The molecule has 0 atom stereocenters. The second kappa shape index (κ2) is 4.73. The first-order valence-corrected chi connectivity index (χ1v) is 6.09. The topological polar surface area (TPSA) is 34.1 Å². The fourth-order valence-corrected chi connectivity index (χ4v) is 2.32. The molecule has 0 bridgehead atoms. The molecule has 88 valence electrons. The number of rotatable bonds is 4. The van der Waals surface area contributed by atoms with Crippen molar-refractivity contribution in [1.29, 1.82) is 0 Å². The quantitative estimate of drug-likeness (QED) is 0.846. The van der Waals surface area contributed by atoms with Crippen LogP contribution >= 0.6 is 0 Å². The molecular weight excluding hydrogens is 200 g/mol. The molecule has 1 aromatic heterocycles. The summed E-state index contributed by atoms with van der Waals surface area (Å²) in [5.74, 6) is 1.74. The van der Waals surface area contributed by atoms with Gasteiger partial charge in [-0.3, -0.25) is 0 Å². The number of anilines is 1. The molecule has 1 N–H and O–H groups in total. The molecule has 0 spiro atoms. The van der Waals surface area contributed by atoms with Crippen LogP contribution in [0.15, 0.2) is 18.3 Å². The summed E-state index contributed by atoms with van der Waals surface area (Å²) in [6.45, 7) is 4.94. The highest BCUT2D eigenvalue weighted by Gasteiger charge is 2.29. The zero-order valence-electron chi connectivity index (χ0n) is 10.1. The summed E-state index contributed by atoms with van der Waals surface area (Å²) in [6, 6.07) is 3.88. The third-order valence-electron chi connectivity index (χ3n) is 3.20. The number of hydrogen-bond acceptors (Lipinski definition) is 3. The van der Waals surface area contributed by atoms with Gasteiger partial charge in [0.2, 0.25) is 0 Å². The number of ether oxygens (including phenoxy) is 1. The Balaban J connectivity index is 2.13. The first-order valence-electron chi connectivity index (χ1n) is 6.09. The SMILES string of the molecule is CCOc1cccnc1NC1(C)CCCC1. The van der Waals surface area contributed by atoms with E-state index in [1.54, 1.807) is 0 Å². The van der Waals surface area contributed by atoms with Crippen molar-refractivity contribution >= 4 is 5.82 Å². The van der Waals surface area contributed by atoms with Gasteiger partial charge >= 0.3 is 0 Å². The largest absolute Gasteiger partial charge is 0.490 e. The van der Waals surface area contributed by atoms with Crippen molar-refractivity contribution in [3.8, 4) is 5.75 Å². The Hall–Kier alpha value is -1.25. The first-order chi connectivity index (χ1) is 7.73. The van der Waals surface area contributed by atoms with Crippen LogP contribution in [0.1, 0.15) is 39.5 Å². The van der Waals surface area contributed by atoms with Gasteiger partial charge in [-0.2, -0.15) is 0 Å². The lowest BCUT2D eigenvalue weighted by molar-refractivity contribution is 0.339. The van der Waals surface area contributed by atoms with Crippen LogP contribution in [0.4, 0.5) is 5.82 Å². The van der Waals surface area contributed by atoms with Crippen molar-refractivity contribution in [2.45, 2.75) is 45.1 Å². The van der Waals surface area contributed by atoms with Crippen molar-refractivity contribution in [2.24, 2.45) is 0 Å². The van der Waals surface area contributed by atoms with Crippen LogP contribution in [-0.4, -0.2) is 17.1 Å². The van der Waals surface area contributed by atoms with E-state index in [1.807, 2.05) is 25.3 Å². The first kappa shape index (κ1) is 11.2. The fraction of sp³-hybridized carbons (Fsp3) is 0.615. The van der Waals surface area contributed by atoms with Crippen molar-refractivity contribution in [1.82, 2.24) is 4.98 Å². The van der Waals surface area contributed by atoms with Crippen LogP contribution in [0.25, 0.3) is 0 Å². The van der Waals surface area contributed by atoms with Gasteiger partial charge in [0.15, 0.2) is 11.6 Å². The molecule has 1 saturated carbocycles. The molecule has 0 aliphatic heterocycles. The number of nitrogens with zero attached hydrogens (tertiary/aromatic N) is 1. The minimum absolute atomic E-state index is 0.195. The molecule has 1 aromatic rings. The summed E-state index contributed by atoms with van der Waals surface area (Å²) < 4.78 is 5.57. The minimum Gasteiger partial charge on any atom is -0.490 e. The Labute approximate surface area is 97.2 Å². The lowest BCUT2D eigenvalue weighted by Crippen LogP contribution is -2.31. The zero-order chi connectivity index (χ0) is 11.4. The van der Waals surface area contributed by atoms with Crippen LogP contribution < -0.4 is 10.1 Å². The Kier molecular flexibility index (Phi) is 3.32. The highest BCUT2D eigenvalue weighted by Crippen LogP contribution is 2.34. The summed E-state index contributed by atoms with van der Waals surface area (Å²) in [6.07, 6.45) is 6.86. The summed E-state index contributed by atoms with van der Waals surface area (Å²) >= 11 is 0. The van der Waals surface area contributed by atoms with E-state index < -0.39 is 0 Å². The van der Waals surface area contributed by atoms with Gasteiger partial charge in [0, 0.05) is 11.7 Å². The van der Waals surface area contributed by atoms with Crippen molar-refractivity contribution in [3.05, 3.63) is 18.3 Å². The van der Waals surface area contributed by atoms with Gasteiger partial charge in [-0.1, -0.05) is 12.8 Å². The molecule has 0 saturated heterocycles. The molecule has 1 heterocycles. The van der Waals surface area contributed by atoms with E-state index in [-0.39, 0.29) is 5.54 Å². The van der Waals surface area contributed by atoms with Crippen LogP contribution in [0.5, 0.6) is 5.75 Å². The van der Waals surface area contributed by atoms with Gasteiger partial charge < -0.3 is 10.1 Å². The summed E-state index contributed by atoms with van der Waals surface area (Å²) in [5, 5.41) is 3.53. The normalized spacial score (nSPS) is 18.4. The summed E-state index contributed by atoms with van der Waals surface area (Å²) in [5.41, 5.74) is 0.195. The summed E-state index contributed by atoms with van der Waals surface area (Å²) in [4.78, 5) is 4.37. The molecule has 16 heavy (non-hydrogen) atoms. The Morgan fingerprint density at radius 2 is 2.19 bits per heavy atom. The van der Waals surface area contributed by atoms with E-state index in [2.05, 4.69) is 17.2 Å². The molecular formula is C13H20N2O. The average molecular weight is 220 g/mol. The van der Waals surface area contributed by atoms with Crippen molar-refractivity contribution < 1.29 is 4.74 Å². The lowest BCUT2D eigenvalue weighted by Gasteiger charge is -2.26. The molecule has 1 aliphatic carbocycles. The Bertz CT molecular complexity index is 346. The maximum atomic E-state index is 5.57. The number of nitrogens with one attached hydrogen (secondary N) is 1. The molecule has 1 aliphatic rings. The second-order valence-corrected chi connectivity index (χ2v) is 4.68.